The Labute approximate surface area is 80.0 Å². The Morgan fingerprint density at radius 2 is 1.85 bits per heavy atom. The normalized spacial score (nSPS) is 11.9. The van der Waals surface area contributed by atoms with Crippen molar-refractivity contribution in [3.05, 3.63) is 11.6 Å². The van der Waals surface area contributed by atoms with Gasteiger partial charge < -0.3 is 0 Å². The Morgan fingerprint density at radius 1 is 1.31 bits per heavy atom. The van der Waals surface area contributed by atoms with E-state index in [4.69, 9.17) is 0 Å². The van der Waals surface area contributed by atoms with Crippen molar-refractivity contribution in [2.45, 2.75) is 40.5 Å². The Balaban J connectivity index is 4.45. The Bertz CT molecular complexity index is 224. The molecule has 0 N–H and O–H groups in total. The maximum absolute atomic E-state index is 11.1. The maximum atomic E-state index is 11.1. The molecule has 0 saturated heterocycles. The fourth-order valence-electron chi connectivity index (χ4n) is 1.04. The zero-order valence-electron chi connectivity index (χ0n) is 8.89. The van der Waals surface area contributed by atoms with Gasteiger partial charge in [0.25, 0.3) is 0 Å². The molecule has 0 rings (SSSR count). The molecule has 0 bridgehead atoms. The van der Waals surface area contributed by atoms with E-state index in [0.29, 0.717) is 24.3 Å². The molecule has 0 radical (unpaired) electrons. The highest BCUT2D eigenvalue weighted by Gasteiger charge is 2.08. The summed E-state index contributed by atoms with van der Waals surface area (Å²) in [6.45, 7) is 7.32. The van der Waals surface area contributed by atoms with Crippen LogP contribution < -0.4 is 0 Å². The van der Waals surface area contributed by atoms with E-state index in [0.717, 1.165) is 0 Å². The number of ketones is 2. The zero-order valence-corrected chi connectivity index (χ0v) is 8.89. The minimum Gasteiger partial charge on any atom is -0.299 e. The third kappa shape index (κ3) is 5.34. The molecular weight excluding hydrogens is 164 g/mol. The lowest BCUT2D eigenvalue weighted by atomic mass is 10.0. The second kappa shape index (κ2) is 5.68. The van der Waals surface area contributed by atoms with Gasteiger partial charge in [0, 0.05) is 12.8 Å². The molecule has 13 heavy (non-hydrogen) atoms. The molecular formula is C11H18O2. The maximum Gasteiger partial charge on any atom is 0.155 e. The van der Waals surface area contributed by atoms with Crippen LogP contribution in [-0.4, -0.2) is 11.6 Å². The number of hydrogen-bond acceptors (Lipinski definition) is 2. The summed E-state index contributed by atoms with van der Waals surface area (Å²) in [5, 5.41) is 0. The molecule has 0 amide bonds. The van der Waals surface area contributed by atoms with E-state index in [2.05, 4.69) is 0 Å². The highest BCUT2D eigenvalue weighted by atomic mass is 16.1. The quantitative estimate of drug-likeness (QED) is 0.612. The molecule has 0 aliphatic rings. The Morgan fingerprint density at radius 3 is 2.15 bits per heavy atom. The van der Waals surface area contributed by atoms with Gasteiger partial charge >= 0.3 is 0 Å². The van der Waals surface area contributed by atoms with Crippen LogP contribution in [-0.2, 0) is 9.59 Å². The molecule has 0 aromatic heterocycles. The van der Waals surface area contributed by atoms with Gasteiger partial charge in [-0.1, -0.05) is 26.8 Å². The van der Waals surface area contributed by atoms with Crippen LogP contribution in [0.3, 0.4) is 0 Å². The first-order valence-electron chi connectivity index (χ1n) is 4.70. The van der Waals surface area contributed by atoms with Crippen LogP contribution >= 0.6 is 0 Å². The summed E-state index contributed by atoms with van der Waals surface area (Å²) in [5.74, 6) is 0.459. The molecule has 0 aliphatic heterocycles. The number of allylic oxidation sites excluding steroid dienone is 2. The Hall–Kier alpha value is -0.920. The van der Waals surface area contributed by atoms with Crippen LogP contribution in [0.2, 0.25) is 0 Å². The molecule has 0 unspecified atom stereocenters. The molecule has 0 fully saturated rings. The highest BCUT2D eigenvalue weighted by molar-refractivity contribution is 5.98. The first-order chi connectivity index (χ1) is 5.97. The summed E-state index contributed by atoms with van der Waals surface area (Å²) >= 11 is 0. The molecule has 0 spiro atoms. The first-order valence-corrected chi connectivity index (χ1v) is 4.70. The van der Waals surface area contributed by atoms with Crippen molar-refractivity contribution in [2.75, 3.05) is 0 Å². The zero-order chi connectivity index (χ0) is 10.4. The van der Waals surface area contributed by atoms with Crippen molar-refractivity contribution in [1.82, 2.24) is 0 Å². The van der Waals surface area contributed by atoms with Crippen molar-refractivity contribution in [3.8, 4) is 0 Å². The molecule has 2 nitrogen and oxygen atoms in total. The standard InChI is InChI=1S/C11H18O2/c1-5-11(13)7-10(9(4)12)6-8(2)3/h6,8H,5,7H2,1-4H3/b10-6+. The van der Waals surface area contributed by atoms with Crippen LogP contribution in [0.15, 0.2) is 11.6 Å². The molecule has 0 heterocycles. The number of carbonyl (C=O) groups excluding carboxylic acids is 2. The largest absolute Gasteiger partial charge is 0.299 e. The predicted molar refractivity (Wildman–Crippen MR) is 53.5 cm³/mol. The second-order valence-electron chi connectivity index (χ2n) is 3.56. The average Bonchev–Trinajstić information content (AvgIpc) is 2.02. The minimum absolute atomic E-state index is 0.00972. The van der Waals surface area contributed by atoms with E-state index in [-0.39, 0.29) is 11.6 Å². The van der Waals surface area contributed by atoms with E-state index >= 15 is 0 Å². The van der Waals surface area contributed by atoms with Gasteiger partial charge in [-0.2, -0.15) is 0 Å². The van der Waals surface area contributed by atoms with Gasteiger partial charge in [0.05, 0.1) is 0 Å². The van der Waals surface area contributed by atoms with E-state index in [1.165, 1.54) is 6.92 Å². The third-order valence-electron chi connectivity index (χ3n) is 1.77. The molecule has 0 saturated carbocycles. The van der Waals surface area contributed by atoms with Gasteiger partial charge in [-0.25, -0.2) is 0 Å². The van der Waals surface area contributed by atoms with Gasteiger partial charge in [0.1, 0.15) is 5.78 Å². The fraction of sp³-hybridized carbons (Fsp3) is 0.636. The summed E-state index contributed by atoms with van der Waals surface area (Å²) in [6.07, 6.45) is 2.67. The second-order valence-corrected chi connectivity index (χ2v) is 3.56. The minimum atomic E-state index is 0.00972. The van der Waals surface area contributed by atoms with Crippen molar-refractivity contribution < 1.29 is 9.59 Å². The molecule has 0 aromatic carbocycles. The smallest absolute Gasteiger partial charge is 0.155 e. The third-order valence-corrected chi connectivity index (χ3v) is 1.77. The summed E-state index contributed by atoms with van der Waals surface area (Å²) in [5.41, 5.74) is 0.654. The lowest BCUT2D eigenvalue weighted by Crippen LogP contribution is -2.05. The molecule has 74 valence electrons. The van der Waals surface area contributed by atoms with Gasteiger partial charge in [-0.15, -0.1) is 0 Å². The summed E-state index contributed by atoms with van der Waals surface area (Å²) in [4.78, 5) is 22.2. The Kier molecular flexibility index (Phi) is 5.28. The van der Waals surface area contributed by atoms with E-state index in [1.54, 1.807) is 0 Å². The summed E-state index contributed by atoms with van der Waals surface area (Å²) in [6, 6.07) is 0. The van der Waals surface area contributed by atoms with Crippen LogP contribution in [0.4, 0.5) is 0 Å². The van der Waals surface area contributed by atoms with Gasteiger partial charge in [-0.3, -0.25) is 9.59 Å². The van der Waals surface area contributed by atoms with Gasteiger partial charge in [0.2, 0.25) is 0 Å². The number of Topliss-reactive ketones (excluding diaryl/α,β-unsaturated/α-hetero) is 2. The monoisotopic (exact) mass is 182 g/mol. The molecule has 0 atom stereocenters. The van der Waals surface area contributed by atoms with Crippen molar-refractivity contribution in [2.24, 2.45) is 5.92 Å². The van der Waals surface area contributed by atoms with Gasteiger partial charge in [-0.05, 0) is 18.4 Å². The molecule has 2 heteroatoms. The van der Waals surface area contributed by atoms with Gasteiger partial charge in [0.15, 0.2) is 5.78 Å². The average molecular weight is 182 g/mol. The summed E-state index contributed by atoms with van der Waals surface area (Å²) in [7, 11) is 0. The molecule has 0 aliphatic carbocycles. The van der Waals surface area contributed by atoms with Crippen LogP contribution in [0.1, 0.15) is 40.5 Å². The van der Waals surface area contributed by atoms with Crippen molar-refractivity contribution >= 4 is 11.6 Å². The topological polar surface area (TPSA) is 34.1 Å². The lowest BCUT2D eigenvalue weighted by Gasteiger charge is -2.03. The van der Waals surface area contributed by atoms with Crippen LogP contribution in [0.25, 0.3) is 0 Å². The number of carbonyl (C=O) groups is 2. The number of hydrogen-bond donors (Lipinski definition) is 0. The highest BCUT2D eigenvalue weighted by Crippen LogP contribution is 2.09. The van der Waals surface area contributed by atoms with E-state index < -0.39 is 0 Å². The van der Waals surface area contributed by atoms with Crippen molar-refractivity contribution in [1.29, 1.82) is 0 Å². The SMILES string of the molecule is CCC(=O)C/C(=C\C(C)C)C(C)=O. The summed E-state index contributed by atoms with van der Waals surface area (Å²) < 4.78 is 0. The fourth-order valence-corrected chi connectivity index (χ4v) is 1.04. The first kappa shape index (κ1) is 12.1. The molecule has 0 aromatic rings. The van der Waals surface area contributed by atoms with E-state index in [9.17, 15) is 9.59 Å². The van der Waals surface area contributed by atoms with E-state index in [1.807, 2.05) is 26.8 Å². The van der Waals surface area contributed by atoms with Crippen molar-refractivity contribution in [3.63, 3.8) is 0 Å². The predicted octanol–water partition coefficient (Wildman–Crippen LogP) is 2.53. The van der Waals surface area contributed by atoms with Crippen LogP contribution in [0.5, 0.6) is 0 Å². The lowest BCUT2D eigenvalue weighted by molar-refractivity contribution is -0.120. The van der Waals surface area contributed by atoms with Crippen LogP contribution in [0, 0.1) is 5.92 Å². The number of rotatable bonds is 5.